The van der Waals surface area contributed by atoms with Gasteiger partial charge < -0.3 is 0 Å². The van der Waals surface area contributed by atoms with Crippen molar-refractivity contribution in [3.8, 4) is 0 Å². The number of aromatic nitrogens is 2. The maximum atomic E-state index is 4.05. The van der Waals surface area contributed by atoms with Gasteiger partial charge in [0.05, 0.1) is 0 Å². The van der Waals surface area contributed by atoms with Crippen LogP contribution in [0.15, 0.2) is 49.1 Å². The highest BCUT2D eigenvalue weighted by atomic mass is 32.2. The summed E-state index contributed by atoms with van der Waals surface area (Å²) in [5.41, 5.74) is 2.79. The molecular weight excluding hydrogens is 340 g/mol. The summed E-state index contributed by atoms with van der Waals surface area (Å²) in [4.78, 5) is 8.09. The maximum absolute atomic E-state index is 4.05. The summed E-state index contributed by atoms with van der Waals surface area (Å²) in [5.74, 6) is 7.49. The molecule has 2 nitrogen and oxygen atoms in total. The van der Waals surface area contributed by atoms with Crippen molar-refractivity contribution in [3.05, 3.63) is 60.2 Å². The largest absolute Gasteiger partial charge is 0.265 e. The third-order valence-corrected chi connectivity index (χ3v) is 6.79. The van der Waals surface area contributed by atoms with E-state index in [0.717, 1.165) is 12.8 Å². The third-order valence-electron chi connectivity index (χ3n) is 3.31. The number of pyridine rings is 2. The summed E-state index contributed by atoms with van der Waals surface area (Å²) in [6, 6.07) is 8.44. The van der Waals surface area contributed by atoms with E-state index in [1.54, 1.807) is 0 Å². The van der Waals surface area contributed by atoms with E-state index >= 15 is 0 Å². The van der Waals surface area contributed by atoms with E-state index < -0.39 is 0 Å². The van der Waals surface area contributed by atoms with Gasteiger partial charge in [0.1, 0.15) is 0 Å². The molecule has 0 spiro atoms. The smallest absolute Gasteiger partial charge is 0.0270 e. The van der Waals surface area contributed by atoms with Crippen LogP contribution in [0.5, 0.6) is 0 Å². The normalized spacial score (nSPS) is 10.8. The fourth-order valence-electron chi connectivity index (χ4n) is 2.02. The fourth-order valence-corrected chi connectivity index (χ4v) is 5.28. The minimum Gasteiger partial charge on any atom is -0.265 e. The number of thioether (sulfide) groups is 3. The first-order valence-corrected chi connectivity index (χ1v) is 11.4. The van der Waals surface area contributed by atoms with Gasteiger partial charge in [-0.2, -0.15) is 35.3 Å². The fraction of sp³-hybridized carbons (Fsp3) is 0.444. The molecule has 2 aromatic heterocycles. The van der Waals surface area contributed by atoms with Gasteiger partial charge in [0, 0.05) is 47.8 Å². The van der Waals surface area contributed by atoms with Crippen molar-refractivity contribution in [3.63, 3.8) is 0 Å². The summed E-state index contributed by atoms with van der Waals surface area (Å²) in [5, 5.41) is 0. The molecule has 0 aliphatic rings. The van der Waals surface area contributed by atoms with Crippen LogP contribution in [0.2, 0.25) is 0 Å². The Hall–Kier alpha value is -0.650. The SMILES string of the molecule is c1cc(CCSCCSCCSCCc2ccncc2)ccn1. The van der Waals surface area contributed by atoms with Crippen molar-refractivity contribution >= 4 is 35.3 Å². The van der Waals surface area contributed by atoms with Gasteiger partial charge in [-0.1, -0.05) is 0 Å². The Bertz CT molecular complexity index is 461. The summed E-state index contributed by atoms with van der Waals surface area (Å²) in [6.07, 6.45) is 9.82. The van der Waals surface area contributed by atoms with E-state index in [-0.39, 0.29) is 0 Å². The van der Waals surface area contributed by atoms with Crippen LogP contribution in [0.4, 0.5) is 0 Å². The van der Waals surface area contributed by atoms with Crippen LogP contribution in [0.1, 0.15) is 11.1 Å². The molecule has 0 aromatic carbocycles. The number of hydrogen-bond donors (Lipinski definition) is 0. The Kier molecular flexibility index (Phi) is 10.3. The van der Waals surface area contributed by atoms with Crippen LogP contribution >= 0.6 is 35.3 Å². The molecule has 2 rings (SSSR count). The minimum absolute atomic E-state index is 1.16. The predicted octanol–water partition coefficient (Wildman–Crippen LogP) is 4.46. The molecule has 0 aliphatic carbocycles. The van der Waals surface area contributed by atoms with E-state index in [1.807, 2.05) is 24.8 Å². The molecule has 5 heteroatoms. The van der Waals surface area contributed by atoms with Gasteiger partial charge in [0.2, 0.25) is 0 Å². The van der Waals surface area contributed by atoms with Crippen LogP contribution in [0.3, 0.4) is 0 Å². The molecule has 2 heterocycles. The highest BCUT2D eigenvalue weighted by molar-refractivity contribution is 8.04. The second-order valence-electron chi connectivity index (χ2n) is 5.05. The highest BCUT2D eigenvalue weighted by Crippen LogP contribution is 2.12. The topological polar surface area (TPSA) is 25.8 Å². The molecule has 0 amide bonds. The van der Waals surface area contributed by atoms with Crippen LogP contribution in [-0.2, 0) is 12.8 Å². The zero-order valence-electron chi connectivity index (χ0n) is 13.4. The lowest BCUT2D eigenvalue weighted by Gasteiger charge is -2.04. The molecule has 23 heavy (non-hydrogen) atoms. The summed E-state index contributed by atoms with van der Waals surface area (Å²) in [7, 11) is 0. The Morgan fingerprint density at radius 1 is 0.522 bits per heavy atom. The Balaban J connectivity index is 1.34. The molecule has 124 valence electrons. The molecule has 0 unspecified atom stereocenters. The van der Waals surface area contributed by atoms with Gasteiger partial charge in [0.15, 0.2) is 0 Å². The standard InChI is InChI=1S/C18H24N2S3/c1-7-19-8-2-17(1)5-11-21-13-15-23-16-14-22-12-6-18-3-9-20-10-4-18/h1-4,7-10H,5-6,11-16H2. The first-order valence-electron chi connectivity index (χ1n) is 7.96. The molecule has 2 aromatic rings. The van der Waals surface area contributed by atoms with Crippen LogP contribution in [-0.4, -0.2) is 44.5 Å². The molecule has 0 aliphatic heterocycles. The van der Waals surface area contributed by atoms with Crippen molar-refractivity contribution in [1.29, 1.82) is 0 Å². The predicted molar refractivity (Wildman–Crippen MR) is 108 cm³/mol. The van der Waals surface area contributed by atoms with Crippen molar-refractivity contribution in [2.45, 2.75) is 12.8 Å². The molecule has 0 atom stereocenters. The van der Waals surface area contributed by atoms with Crippen LogP contribution in [0.25, 0.3) is 0 Å². The lowest BCUT2D eigenvalue weighted by atomic mass is 10.2. The quantitative estimate of drug-likeness (QED) is 0.518. The number of nitrogens with zero attached hydrogens (tertiary/aromatic N) is 2. The highest BCUT2D eigenvalue weighted by Gasteiger charge is 1.96. The molecule has 0 N–H and O–H groups in total. The first kappa shape index (κ1) is 18.7. The second-order valence-corrected chi connectivity index (χ2v) is 8.72. The zero-order chi connectivity index (χ0) is 16.0. The van der Waals surface area contributed by atoms with Gasteiger partial charge in [0.25, 0.3) is 0 Å². The van der Waals surface area contributed by atoms with E-state index in [0.29, 0.717) is 0 Å². The lowest BCUT2D eigenvalue weighted by Crippen LogP contribution is -1.95. The summed E-state index contributed by atoms with van der Waals surface area (Å²) < 4.78 is 0. The number of aryl methyl sites for hydroxylation is 2. The second kappa shape index (κ2) is 12.7. The Morgan fingerprint density at radius 3 is 1.26 bits per heavy atom. The first-order chi connectivity index (χ1) is 11.4. The van der Waals surface area contributed by atoms with E-state index in [4.69, 9.17) is 0 Å². The minimum atomic E-state index is 1.16. The van der Waals surface area contributed by atoms with Gasteiger partial charge in [-0.05, 0) is 59.7 Å². The van der Waals surface area contributed by atoms with Gasteiger partial charge in [-0.3, -0.25) is 9.97 Å². The molecular formula is C18H24N2S3. The summed E-state index contributed by atoms with van der Waals surface area (Å²) in [6.45, 7) is 0. The number of hydrogen-bond acceptors (Lipinski definition) is 5. The van der Waals surface area contributed by atoms with Crippen molar-refractivity contribution in [1.82, 2.24) is 9.97 Å². The Morgan fingerprint density at radius 2 is 0.870 bits per heavy atom. The lowest BCUT2D eigenvalue weighted by molar-refractivity contribution is 1.13. The van der Waals surface area contributed by atoms with Crippen molar-refractivity contribution in [2.24, 2.45) is 0 Å². The third kappa shape index (κ3) is 9.28. The van der Waals surface area contributed by atoms with Gasteiger partial charge >= 0.3 is 0 Å². The Labute approximate surface area is 152 Å². The monoisotopic (exact) mass is 364 g/mol. The van der Waals surface area contributed by atoms with Crippen molar-refractivity contribution < 1.29 is 0 Å². The van der Waals surface area contributed by atoms with Crippen LogP contribution in [0, 0.1) is 0 Å². The van der Waals surface area contributed by atoms with Crippen molar-refractivity contribution in [2.75, 3.05) is 34.5 Å². The van der Waals surface area contributed by atoms with E-state index in [1.165, 1.54) is 45.6 Å². The van der Waals surface area contributed by atoms with Crippen LogP contribution < -0.4 is 0 Å². The van der Waals surface area contributed by atoms with Gasteiger partial charge in [-0.25, -0.2) is 0 Å². The molecule has 0 saturated carbocycles. The van der Waals surface area contributed by atoms with E-state index in [9.17, 15) is 0 Å². The maximum Gasteiger partial charge on any atom is 0.0270 e. The summed E-state index contributed by atoms with van der Waals surface area (Å²) >= 11 is 6.20. The average molecular weight is 365 g/mol. The average Bonchev–Trinajstić information content (AvgIpc) is 2.61. The molecule has 0 fully saturated rings. The molecule has 0 saturated heterocycles. The molecule has 0 radical (unpaired) electrons. The number of rotatable bonds is 12. The zero-order valence-corrected chi connectivity index (χ0v) is 15.8. The molecule has 0 bridgehead atoms. The van der Waals surface area contributed by atoms with Gasteiger partial charge in [-0.15, -0.1) is 0 Å². The van der Waals surface area contributed by atoms with E-state index in [2.05, 4.69) is 69.5 Å².